The fourth-order valence-corrected chi connectivity index (χ4v) is 3.18. The molecular weight excluding hydrogens is 252 g/mol. The van der Waals surface area contributed by atoms with Gasteiger partial charge in [-0.2, -0.15) is 0 Å². The number of carbonyl (C=O) groups is 1. The molecule has 4 heteroatoms. The maximum Gasteiger partial charge on any atom is 0.222 e. The van der Waals surface area contributed by atoms with Crippen molar-refractivity contribution in [1.82, 2.24) is 9.80 Å². The predicted octanol–water partition coefficient (Wildman–Crippen LogP) is 2.54. The van der Waals surface area contributed by atoms with Crippen LogP contribution in [0.3, 0.4) is 0 Å². The van der Waals surface area contributed by atoms with E-state index in [1.54, 1.807) is 18.2 Å². The molecule has 0 unspecified atom stereocenters. The highest BCUT2D eigenvalue weighted by molar-refractivity contribution is 6.02. The summed E-state index contributed by atoms with van der Waals surface area (Å²) in [5.74, 6) is 0.360. The molecule has 108 valence electrons. The van der Waals surface area contributed by atoms with Crippen molar-refractivity contribution in [2.45, 2.75) is 31.7 Å². The third-order valence-corrected chi connectivity index (χ3v) is 4.27. The molecule has 1 aromatic rings. The summed E-state index contributed by atoms with van der Waals surface area (Å²) in [6, 6.07) is 4.01. The second kappa shape index (κ2) is 6.27. The quantitative estimate of drug-likeness (QED) is 0.611. The van der Waals surface area contributed by atoms with Crippen LogP contribution in [0.4, 0.5) is 0 Å². The normalized spacial score (nSPS) is 24.0. The number of rotatable bonds is 5. The molecule has 1 aromatic heterocycles. The summed E-state index contributed by atoms with van der Waals surface area (Å²) in [7, 11) is 0. The molecule has 0 aliphatic carbocycles. The van der Waals surface area contributed by atoms with E-state index in [4.69, 9.17) is 4.42 Å². The highest BCUT2D eigenvalue weighted by Gasteiger charge is 2.25. The summed E-state index contributed by atoms with van der Waals surface area (Å²) in [4.78, 5) is 16.8. The van der Waals surface area contributed by atoms with Gasteiger partial charge in [-0.3, -0.25) is 4.79 Å². The van der Waals surface area contributed by atoms with Crippen LogP contribution in [0.2, 0.25) is 0 Å². The standard InChI is InChI=1S/C16H22N2O2/c19-15(16-6-4-12-20-16)7-11-18-10-3-5-14(18)13-17-8-1-2-9-17/h4,6-7,11-12,14H,1-3,5,8-10,13H2/t14-/m0/s1. The lowest BCUT2D eigenvalue weighted by atomic mass is 10.2. The number of nitrogens with zero attached hydrogens (tertiary/aromatic N) is 2. The Morgan fingerprint density at radius 2 is 2.15 bits per heavy atom. The van der Waals surface area contributed by atoms with Gasteiger partial charge in [0.25, 0.3) is 0 Å². The van der Waals surface area contributed by atoms with Crippen molar-refractivity contribution in [2.24, 2.45) is 0 Å². The zero-order chi connectivity index (χ0) is 13.8. The third-order valence-electron chi connectivity index (χ3n) is 4.27. The van der Waals surface area contributed by atoms with Gasteiger partial charge in [-0.25, -0.2) is 0 Å². The highest BCUT2D eigenvalue weighted by Crippen LogP contribution is 2.20. The van der Waals surface area contributed by atoms with E-state index in [1.807, 2.05) is 6.20 Å². The van der Waals surface area contributed by atoms with Crippen molar-refractivity contribution >= 4 is 5.78 Å². The molecule has 1 atom stereocenters. The number of likely N-dealkylation sites (tertiary alicyclic amines) is 2. The Morgan fingerprint density at radius 3 is 2.90 bits per heavy atom. The first-order chi connectivity index (χ1) is 9.83. The summed E-state index contributed by atoms with van der Waals surface area (Å²) in [6.07, 6.45) is 10.2. The Kier molecular flexibility index (Phi) is 4.21. The number of hydrogen-bond acceptors (Lipinski definition) is 4. The van der Waals surface area contributed by atoms with Crippen LogP contribution in [0.5, 0.6) is 0 Å². The summed E-state index contributed by atoms with van der Waals surface area (Å²) < 4.78 is 5.12. The van der Waals surface area contributed by atoms with E-state index >= 15 is 0 Å². The largest absolute Gasteiger partial charge is 0.461 e. The molecule has 2 saturated heterocycles. The van der Waals surface area contributed by atoms with Gasteiger partial charge in [0, 0.05) is 31.4 Å². The van der Waals surface area contributed by atoms with Crippen molar-refractivity contribution in [2.75, 3.05) is 26.2 Å². The first kappa shape index (κ1) is 13.4. The summed E-state index contributed by atoms with van der Waals surface area (Å²) in [5, 5.41) is 0. The molecule has 20 heavy (non-hydrogen) atoms. The average Bonchev–Trinajstić information content (AvgIpc) is 3.20. The van der Waals surface area contributed by atoms with E-state index < -0.39 is 0 Å². The Hall–Kier alpha value is -1.55. The molecule has 0 amide bonds. The molecule has 2 aliphatic rings. The van der Waals surface area contributed by atoms with Gasteiger partial charge in [-0.05, 0) is 50.9 Å². The SMILES string of the molecule is O=C(C=CN1CCC[C@H]1CN1CCCC1)c1ccco1. The van der Waals surface area contributed by atoms with E-state index in [2.05, 4.69) is 9.80 Å². The van der Waals surface area contributed by atoms with Crippen molar-refractivity contribution < 1.29 is 9.21 Å². The molecule has 4 nitrogen and oxygen atoms in total. The first-order valence-electron chi connectivity index (χ1n) is 7.57. The van der Waals surface area contributed by atoms with Crippen LogP contribution >= 0.6 is 0 Å². The smallest absolute Gasteiger partial charge is 0.222 e. The van der Waals surface area contributed by atoms with Crippen LogP contribution in [0.25, 0.3) is 0 Å². The number of allylic oxidation sites excluding steroid dienone is 1. The molecule has 3 rings (SSSR count). The van der Waals surface area contributed by atoms with Gasteiger partial charge in [-0.1, -0.05) is 0 Å². The molecule has 0 bridgehead atoms. The van der Waals surface area contributed by atoms with Gasteiger partial charge >= 0.3 is 0 Å². The molecular formula is C16H22N2O2. The third kappa shape index (κ3) is 3.12. The van der Waals surface area contributed by atoms with Crippen LogP contribution in [-0.2, 0) is 0 Å². The Bertz CT molecular complexity index is 461. The van der Waals surface area contributed by atoms with Crippen molar-refractivity contribution in [3.63, 3.8) is 0 Å². The number of furan rings is 1. The van der Waals surface area contributed by atoms with Gasteiger partial charge in [0.1, 0.15) is 0 Å². The number of ketones is 1. The van der Waals surface area contributed by atoms with Crippen LogP contribution in [0.1, 0.15) is 36.2 Å². The van der Waals surface area contributed by atoms with E-state index in [9.17, 15) is 4.79 Å². The van der Waals surface area contributed by atoms with Crippen LogP contribution in [-0.4, -0.2) is 47.8 Å². The highest BCUT2D eigenvalue weighted by atomic mass is 16.3. The number of carbonyl (C=O) groups excluding carboxylic acids is 1. The molecule has 0 radical (unpaired) electrons. The zero-order valence-corrected chi connectivity index (χ0v) is 11.8. The minimum absolute atomic E-state index is 0.0539. The van der Waals surface area contributed by atoms with Crippen LogP contribution < -0.4 is 0 Å². The molecule has 0 spiro atoms. The topological polar surface area (TPSA) is 36.7 Å². The van der Waals surface area contributed by atoms with Gasteiger partial charge in [0.2, 0.25) is 5.78 Å². The predicted molar refractivity (Wildman–Crippen MR) is 77.6 cm³/mol. The monoisotopic (exact) mass is 274 g/mol. The maximum atomic E-state index is 11.9. The minimum atomic E-state index is -0.0539. The molecule has 0 saturated carbocycles. The van der Waals surface area contributed by atoms with Crippen molar-refractivity contribution in [3.8, 4) is 0 Å². The first-order valence-corrected chi connectivity index (χ1v) is 7.57. The molecule has 3 heterocycles. The number of hydrogen-bond donors (Lipinski definition) is 0. The summed E-state index contributed by atoms with van der Waals surface area (Å²) >= 11 is 0. The van der Waals surface area contributed by atoms with Gasteiger partial charge in [-0.15, -0.1) is 0 Å². The second-order valence-corrected chi connectivity index (χ2v) is 5.70. The molecule has 0 aromatic carbocycles. The molecule has 2 aliphatic heterocycles. The van der Waals surface area contributed by atoms with Crippen LogP contribution in [0.15, 0.2) is 35.1 Å². The fourth-order valence-electron chi connectivity index (χ4n) is 3.18. The summed E-state index contributed by atoms with van der Waals surface area (Å²) in [5.41, 5.74) is 0. The lowest BCUT2D eigenvalue weighted by Crippen LogP contribution is -2.36. The maximum absolute atomic E-state index is 11.9. The zero-order valence-electron chi connectivity index (χ0n) is 11.8. The van der Waals surface area contributed by atoms with Gasteiger partial charge < -0.3 is 14.2 Å². The van der Waals surface area contributed by atoms with Gasteiger partial charge in [0.15, 0.2) is 5.76 Å². The fraction of sp³-hybridized carbons (Fsp3) is 0.562. The Balaban J connectivity index is 1.56. The minimum Gasteiger partial charge on any atom is -0.461 e. The average molecular weight is 274 g/mol. The van der Waals surface area contributed by atoms with Crippen molar-refractivity contribution in [3.05, 3.63) is 36.4 Å². The van der Waals surface area contributed by atoms with E-state index in [0.717, 1.165) is 13.1 Å². The molecule has 2 fully saturated rings. The second-order valence-electron chi connectivity index (χ2n) is 5.70. The molecule has 0 N–H and O–H groups in total. The van der Waals surface area contributed by atoms with Crippen molar-refractivity contribution in [1.29, 1.82) is 0 Å². The summed E-state index contributed by atoms with van der Waals surface area (Å²) in [6.45, 7) is 4.67. The lowest BCUT2D eigenvalue weighted by Gasteiger charge is -2.27. The van der Waals surface area contributed by atoms with E-state index in [-0.39, 0.29) is 5.78 Å². The van der Waals surface area contributed by atoms with Gasteiger partial charge in [0.05, 0.1) is 6.26 Å². The van der Waals surface area contributed by atoms with Crippen LogP contribution in [0, 0.1) is 0 Å². The Labute approximate surface area is 120 Å². The lowest BCUT2D eigenvalue weighted by molar-refractivity contribution is 0.101. The Morgan fingerprint density at radius 1 is 1.30 bits per heavy atom. The van der Waals surface area contributed by atoms with E-state index in [1.165, 1.54) is 45.0 Å². The van der Waals surface area contributed by atoms with E-state index in [0.29, 0.717) is 11.8 Å².